The molecule has 0 amide bonds. The summed E-state index contributed by atoms with van der Waals surface area (Å²) in [5.41, 5.74) is 6.40. The summed E-state index contributed by atoms with van der Waals surface area (Å²) in [5, 5.41) is 4.32. The Bertz CT molecular complexity index is 1040. The van der Waals surface area contributed by atoms with E-state index in [2.05, 4.69) is 94.1 Å². The molecule has 1 aliphatic rings. The summed E-state index contributed by atoms with van der Waals surface area (Å²) < 4.78 is 2.31. The van der Waals surface area contributed by atoms with Crippen LogP contribution in [0, 0.1) is 6.92 Å². The molecule has 0 atom stereocenters. The molecule has 1 aromatic heterocycles. The van der Waals surface area contributed by atoms with Gasteiger partial charge in [-0.25, -0.2) is 4.57 Å². The summed E-state index contributed by atoms with van der Waals surface area (Å²) in [7, 11) is 0.763. The van der Waals surface area contributed by atoms with E-state index in [9.17, 15) is 0 Å². The highest BCUT2D eigenvalue weighted by Crippen LogP contribution is 2.37. The fraction of sp³-hybridized carbons (Fsp3) is 0.444. The van der Waals surface area contributed by atoms with E-state index in [4.69, 9.17) is 0 Å². The number of pyridine rings is 1. The van der Waals surface area contributed by atoms with Crippen LogP contribution in [0.3, 0.4) is 0 Å². The minimum atomic E-state index is -1.43. The van der Waals surface area contributed by atoms with Gasteiger partial charge in [-0.15, -0.1) is 0 Å². The quantitative estimate of drug-likeness (QED) is 0.341. The normalized spacial score (nSPS) is 15.6. The molecular weight excluding hydrogens is 366 g/mol. The molecule has 0 radical (unpaired) electrons. The Morgan fingerprint density at radius 3 is 2.38 bits per heavy atom. The van der Waals surface area contributed by atoms with Gasteiger partial charge < -0.3 is 0 Å². The minimum absolute atomic E-state index is 0.740. The number of fused-ring (bicyclic) bond motifs is 1. The van der Waals surface area contributed by atoms with Gasteiger partial charge in [-0.2, -0.15) is 0 Å². The fourth-order valence-corrected chi connectivity index (χ4v) is 6.56. The number of aryl methyl sites for hydroxylation is 2. The number of benzene rings is 2. The SMILES string of the molecule is Cc1ccc(C2CCCC2)cc1-c1c2ccc([Si](C)(C)C(C)C)cc2cc[n+]1C. The summed E-state index contributed by atoms with van der Waals surface area (Å²) in [6.07, 6.45) is 7.71. The van der Waals surface area contributed by atoms with Gasteiger partial charge in [0.05, 0.1) is 13.5 Å². The molecule has 2 heteroatoms. The highest BCUT2D eigenvalue weighted by molar-refractivity contribution is 6.91. The van der Waals surface area contributed by atoms with Gasteiger partial charge >= 0.3 is 0 Å². The number of nitrogens with zero attached hydrogens (tertiary/aromatic N) is 1. The standard InChI is InChI=1S/C27H36NSi/c1-19(2)29(5,6)24-13-14-25-23(17-24)15-16-28(4)27(25)26-18-22(12-11-20(26)3)21-9-7-8-10-21/h11-19,21H,7-10H2,1-6H3/q+1. The Labute approximate surface area is 177 Å². The maximum Gasteiger partial charge on any atom is 0.220 e. The summed E-state index contributed by atoms with van der Waals surface area (Å²) >= 11 is 0. The minimum Gasteiger partial charge on any atom is -0.200 e. The van der Waals surface area contributed by atoms with Crippen molar-refractivity contribution in [2.24, 2.45) is 7.05 Å². The van der Waals surface area contributed by atoms with Crippen LogP contribution >= 0.6 is 0 Å². The van der Waals surface area contributed by atoms with Crippen molar-refractivity contribution in [3.05, 3.63) is 59.8 Å². The second-order valence-corrected chi connectivity index (χ2v) is 15.2. The topological polar surface area (TPSA) is 3.88 Å². The van der Waals surface area contributed by atoms with Crippen LogP contribution in [0.25, 0.3) is 22.0 Å². The summed E-state index contributed by atoms with van der Waals surface area (Å²) in [4.78, 5) is 0. The Hall–Kier alpha value is -1.93. The lowest BCUT2D eigenvalue weighted by atomic mass is 9.91. The Balaban J connectivity index is 1.88. The summed E-state index contributed by atoms with van der Waals surface area (Å²) in [5.74, 6) is 0.749. The number of hydrogen-bond acceptors (Lipinski definition) is 0. The average Bonchev–Trinajstić information content (AvgIpc) is 3.23. The van der Waals surface area contributed by atoms with Gasteiger partial charge in [-0.3, -0.25) is 0 Å². The van der Waals surface area contributed by atoms with Crippen molar-refractivity contribution in [2.75, 3.05) is 0 Å². The second-order valence-electron chi connectivity index (χ2n) is 10.0. The Kier molecular flexibility index (Phi) is 5.41. The van der Waals surface area contributed by atoms with Crippen LogP contribution in [0.5, 0.6) is 0 Å². The molecule has 0 N–H and O–H groups in total. The number of rotatable bonds is 4. The van der Waals surface area contributed by atoms with Crippen molar-refractivity contribution < 1.29 is 4.57 Å². The first-order valence-corrected chi connectivity index (χ1v) is 14.4. The lowest BCUT2D eigenvalue weighted by Crippen LogP contribution is -2.44. The Morgan fingerprint density at radius 2 is 1.69 bits per heavy atom. The fourth-order valence-electron chi connectivity index (χ4n) is 4.85. The molecule has 1 fully saturated rings. The first-order valence-electron chi connectivity index (χ1n) is 11.3. The van der Waals surface area contributed by atoms with Crippen molar-refractivity contribution in [3.8, 4) is 11.3 Å². The van der Waals surface area contributed by atoms with Crippen molar-refractivity contribution >= 4 is 24.0 Å². The van der Waals surface area contributed by atoms with Crippen LogP contribution in [0.1, 0.15) is 56.6 Å². The van der Waals surface area contributed by atoms with E-state index in [-0.39, 0.29) is 0 Å². The van der Waals surface area contributed by atoms with Gasteiger partial charge in [0, 0.05) is 11.6 Å². The smallest absolute Gasteiger partial charge is 0.200 e. The van der Waals surface area contributed by atoms with Crippen molar-refractivity contribution in [2.45, 2.75) is 71.0 Å². The largest absolute Gasteiger partial charge is 0.220 e. The average molecular weight is 403 g/mol. The number of hydrogen-bond donors (Lipinski definition) is 0. The molecule has 1 heterocycles. The molecule has 0 aliphatic heterocycles. The van der Waals surface area contributed by atoms with E-state index in [1.54, 1.807) is 5.19 Å². The van der Waals surface area contributed by atoms with Gasteiger partial charge in [0.25, 0.3) is 0 Å². The lowest BCUT2D eigenvalue weighted by Gasteiger charge is -2.27. The van der Waals surface area contributed by atoms with Crippen LogP contribution in [0.15, 0.2) is 48.7 Å². The molecule has 0 bridgehead atoms. The maximum atomic E-state index is 2.50. The van der Waals surface area contributed by atoms with E-state index in [1.165, 1.54) is 58.8 Å². The maximum absolute atomic E-state index is 2.50. The monoisotopic (exact) mass is 402 g/mol. The zero-order chi connectivity index (χ0) is 20.8. The van der Waals surface area contributed by atoms with Gasteiger partial charge in [0.1, 0.15) is 7.05 Å². The van der Waals surface area contributed by atoms with Crippen LogP contribution in [-0.4, -0.2) is 8.07 Å². The Morgan fingerprint density at radius 1 is 0.966 bits per heavy atom. The molecule has 0 unspecified atom stereocenters. The molecule has 0 spiro atoms. The first kappa shape index (κ1) is 20.3. The molecular formula is C27H36NSi+. The van der Waals surface area contributed by atoms with E-state index >= 15 is 0 Å². The van der Waals surface area contributed by atoms with E-state index < -0.39 is 8.07 Å². The number of aromatic nitrogens is 1. The molecule has 1 nitrogen and oxygen atoms in total. The molecule has 3 aromatic rings. The van der Waals surface area contributed by atoms with Gasteiger partial charge in [0.2, 0.25) is 5.69 Å². The van der Waals surface area contributed by atoms with Crippen LogP contribution < -0.4 is 9.75 Å². The molecule has 2 aromatic carbocycles. The van der Waals surface area contributed by atoms with E-state index in [1.807, 2.05) is 0 Å². The summed E-state index contributed by atoms with van der Waals surface area (Å²) in [6, 6.07) is 16.8. The van der Waals surface area contributed by atoms with Crippen molar-refractivity contribution in [1.29, 1.82) is 0 Å². The summed E-state index contributed by atoms with van der Waals surface area (Å²) in [6.45, 7) is 12.0. The third-order valence-corrected chi connectivity index (χ3v) is 12.4. The van der Waals surface area contributed by atoms with E-state index in [0.717, 1.165) is 11.5 Å². The zero-order valence-electron chi connectivity index (χ0n) is 19.0. The molecule has 4 rings (SSSR count). The van der Waals surface area contributed by atoms with Gasteiger partial charge in [-0.05, 0) is 59.9 Å². The van der Waals surface area contributed by atoms with Gasteiger partial charge in [0.15, 0.2) is 6.20 Å². The third kappa shape index (κ3) is 3.68. The molecule has 152 valence electrons. The molecule has 29 heavy (non-hydrogen) atoms. The predicted octanol–water partition coefficient (Wildman–Crippen LogP) is 6.62. The second kappa shape index (κ2) is 7.72. The van der Waals surface area contributed by atoms with Crippen LogP contribution in [0.4, 0.5) is 0 Å². The van der Waals surface area contributed by atoms with E-state index in [0.29, 0.717) is 0 Å². The van der Waals surface area contributed by atoms with Crippen molar-refractivity contribution in [1.82, 2.24) is 0 Å². The molecule has 0 saturated heterocycles. The lowest BCUT2D eigenvalue weighted by molar-refractivity contribution is -0.659. The van der Waals surface area contributed by atoms with Crippen molar-refractivity contribution in [3.63, 3.8) is 0 Å². The van der Waals surface area contributed by atoms with Gasteiger partial charge in [-0.1, -0.05) is 69.2 Å². The van der Waals surface area contributed by atoms with Crippen LogP contribution in [-0.2, 0) is 7.05 Å². The predicted molar refractivity (Wildman–Crippen MR) is 129 cm³/mol. The highest BCUT2D eigenvalue weighted by atomic mass is 28.3. The van der Waals surface area contributed by atoms with Crippen LogP contribution in [0.2, 0.25) is 18.6 Å². The zero-order valence-corrected chi connectivity index (χ0v) is 20.0. The molecule has 1 saturated carbocycles. The highest BCUT2D eigenvalue weighted by Gasteiger charge is 2.28. The third-order valence-electron chi connectivity index (χ3n) is 7.67. The molecule has 1 aliphatic carbocycles. The first-order chi connectivity index (χ1) is 13.8.